The quantitative estimate of drug-likeness (QED) is 0.587. The standard InChI is InChI=1S/C14H11N3O4/c18-9-12-14(15-13-3-1-2-8-16(12)13)21-11-6-4-10(5-7-11)17(19)20/h1-8,18H,9H2. The molecule has 7 nitrogen and oxygen atoms in total. The van der Waals surface area contributed by atoms with Gasteiger partial charge in [0.15, 0.2) is 0 Å². The van der Waals surface area contributed by atoms with Crippen LogP contribution in [0.1, 0.15) is 5.69 Å². The Morgan fingerprint density at radius 2 is 2.00 bits per heavy atom. The largest absolute Gasteiger partial charge is 0.437 e. The lowest BCUT2D eigenvalue weighted by Crippen LogP contribution is -1.94. The molecule has 0 aliphatic rings. The third-order valence-electron chi connectivity index (χ3n) is 3.00. The summed E-state index contributed by atoms with van der Waals surface area (Å²) in [5.74, 6) is 0.691. The van der Waals surface area contributed by atoms with Gasteiger partial charge in [-0.1, -0.05) is 6.07 Å². The first-order chi connectivity index (χ1) is 10.2. The number of non-ortho nitro benzene ring substituents is 1. The molecule has 0 bridgehead atoms. The van der Waals surface area contributed by atoms with Crippen molar-refractivity contribution in [3.8, 4) is 11.6 Å². The summed E-state index contributed by atoms with van der Waals surface area (Å²) >= 11 is 0. The molecule has 1 aromatic carbocycles. The molecule has 106 valence electrons. The van der Waals surface area contributed by atoms with Gasteiger partial charge in [-0.3, -0.25) is 14.5 Å². The summed E-state index contributed by atoms with van der Waals surface area (Å²) in [7, 11) is 0. The van der Waals surface area contributed by atoms with Crippen LogP contribution in [0.2, 0.25) is 0 Å². The first kappa shape index (κ1) is 13.1. The molecule has 0 saturated carbocycles. The highest BCUT2D eigenvalue weighted by atomic mass is 16.6. The van der Waals surface area contributed by atoms with E-state index in [1.165, 1.54) is 24.3 Å². The van der Waals surface area contributed by atoms with E-state index in [2.05, 4.69) is 4.98 Å². The number of ether oxygens (including phenoxy) is 1. The van der Waals surface area contributed by atoms with E-state index in [9.17, 15) is 15.2 Å². The number of imidazole rings is 1. The lowest BCUT2D eigenvalue weighted by Gasteiger charge is -2.04. The van der Waals surface area contributed by atoms with Crippen LogP contribution in [0.3, 0.4) is 0 Å². The summed E-state index contributed by atoms with van der Waals surface area (Å²) in [5.41, 5.74) is 1.15. The van der Waals surface area contributed by atoms with Crippen LogP contribution in [0.25, 0.3) is 5.65 Å². The molecule has 3 aromatic rings. The molecular weight excluding hydrogens is 274 g/mol. The van der Waals surface area contributed by atoms with Crippen LogP contribution in [0.4, 0.5) is 5.69 Å². The summed E-state index contributed by atoms with van der Waals surface area (Å²) in [4.78, 5) is 14.4. The lowest BCUT2D eigenvalue weighted by atomic mass is 10.3. The Bertz CT molecular complexity index is 796. The average Bonchev–Trinajstić information content (AvgIpc) is 2.84. The van der Waals surface area contributed by atoms with E-state index in [4.69, 9.17) is 4.74 Å². The number of aromatic nitrogens is 2. The number of nitrogens with zero attached hydrogens (tertiary/aromatic N) is 3. The molecule has 2 aromatic heterocycles. The second-order valence-corrected chi connectivity index (χ2v) is 4.30. The van der Waals surface area contributed by atoms with Crippen molar-refractivity contribution < 1.29 is 14.8 Å². The SMILES string of the molecule is O=[N+]([O-])c1ccc(Oc2nc3ccccn3c2CO)cc1. The molecule has 0 aliphatic carbocycles. The zero-order valence-corrected chi connectivity index (χ0v) is 10.8. The number of aliphatic hydroxyl groups is 1. The Balaban J connectivity index is 1.95. The summed E-state index contributed by atoms with van der Waals surface area (Å²) in [5, 5.41) is 20.1. The van der Waals surface area contributed by atoms with Crippen LogP contribution in [-0.4, -0.2) is 19.4 Å². The lowest BCUT2D eigenvalue weighted by molar-refractivity contribution is -0.384. The van der Waals surface area contributed by atoms with Crippen molar-refractivity contribution in [3.63, 3.8) is 0 Å². The molecule has 0 unspecified atom stereocenters. The van der Waals surface area contributed by atoms with Crippen molar-refractivity contribution >= 4 is 11.3 Å². The first-order valence-electron chi connectivity index (χ1n) is 6.18. The minimum Gasteiger partial charge on any atom is -0.437 e. The van der Waals surface area contributed by atoms with Gasteiger partial charge in [0.05, 0.1) is 11.5 Å². The number of rotatable bonds is 4. The van der Waals surface area contributed by atoms with E-state index in [0.29, 0.717) is 17.1 Å². The van der Waals surface area contributed by atoms with Crippen LogP contribution in [0, 0.1) is 10.1 Å². The van der Waals surface area contributed by atoms with Crippen molar-refractivity contribution in [1.29, 1.82) is 0 Å². The van der Waals surface area contributed by atoms with Gasteiger partial charge in [-0.2, -0.15) is 4.98 Å². The highest BCUT2D eigenvalue weighted by Gasteiger charge is 2.13. The number of pyridine rings is 1. The number of hydrogen-bond acceptors (Lipinski definition) is 5. The van der Waals surface area contributed by atoms with Gasteiger partial charge in [0.25, 0.3) is 5.69 Å². The van der Waals surface area contributed by atoms with Gasteiger partial charge in [0.2, 0.25) is 5.88 Å². The molecule has 1 N–H and O–H groups in total. The average molecular weight is 285 g/mol. The Labute approximate surface area is 119 Å². The normalized spacial score (nSPS) is 10.7. The molecule has 0 radical (unpaired) electrons. The van der Waals surface area contributed by atoms with E-state index >= 15 is 0 Å². The van der Waals surface area contributed by atoms with E-state index in [-0.39, 0.29) is 18.2 Å². The smallest absolute Gasteiger partial charge is 0.269 e. The van der Waals surface area contributed by atoms with Gasteiger partial charge >= 0.3 is 0 Å². The third-order valence-corrected chi connectivity index (χ3v) is 3.00. The van der Waals surface area contributed by atoms with E-state index < -0.39 is 4.92 Å². The molecule has 0 atom stereocenters. The van der Waals surface area contributed by atoms with Crippen molar-refractivity contribution in [2.75, 3.05) is 0 Å². The molecule has 0 fully saturated rings. The number of aliphatic hydroxyl groups excluding tert-OH is 1. The van der Waals surface area contributed by atoms with E-state index in [0.717, 1.165) is 0 Å². The fourth-order valence-corrected chi connectivity index (χ4v) is 2.00. The second-order valence-electron chi connectivity index (χ2n) is 4.30. The Hall–Kier alpha value is -2.93. The van der Waals surface area contributed by atoms with Crippen LogP contribution in [0.5, 0.6) is 11.6 Å². The van der Waals surface area contributed by atoms with Gasteiger partial charge in [0, 0.05) is 18.3 Å². The number of fused-ring (bicyclic) bond motifs is 1. The van der Waals surface area contributed by atoms with Gasteiger partial charge < -0.3 is 9.84 Å². The zero-order valence-electron chi connectivity index (χ0n) is 10.8. The van der Waals surface area contributed by atoms with Crippen molar-refractivity contribution in [2.45, 2.75) is 6.61 Å². The van der Waals surface area contributed by atoms with E-state index in [1.807, 2.05) is 12.1 Å². The summed E-state index contributed by atoms with van der Waals surface area (Å²) in [6, 6.07) is 11.1. The van der Waals surface area contributed by atoms with Gasteiger partial charge in [-0.15, -0.1) is 0 Å². The first-order valence-corrected chi connectivity index (χ1v) is 6.18. The van der Waals surface area contributed by atoms with E-state index in [1.54, 1.807) is 16.7 Å². The minimum absolute atomic E-state index is 0.0141. The number of nitro groups is 1. The molecule has 2 heterocycles. The summed E-state index contributed by atoms with van der Waals surface area (Å²) < 4.78 is 7.33. The highest BCUT2D eigenvalue weighted by Crippen LogP contribution is 2.27. The molecule has 0 spiro atoms. The molecule has 0 saturated heterocycles. The van der Waals surface area contributed by atoms with Crippen molar-refractivity contribution in [1.82, 2.24) is 9.38 Å². The second kappa shape index (κ2) is 5.22. The zero-order chi connectivity index (χ0) is 14.8. The predicted octanol–water partition coefficient (Wildman–Crippen LogP) is 2.53. The molecular formula is C14H11N3O4. The van der Waals surface area contributed by atoms with Gasteiger partial charge in [-0.05, 0) is 24.3 Å². The molecule has 3 rings (SSSR count). The molecule has 0 aliphatic heterocycles. The maximum absolute atomic E-state index is 10.6. The van der Waals surface area contributed by atoms with Crippen LogP contribution >= 0.6 is 0 Å². The molecule has 7 heteroatoms. The summed E-state index contributed by atoms with van der Waals surface area (Å²) in [6.07, 6.45) is 1.77. The Morgan fingerprint density at radius 1 is 1.24 bits per heavy atom. The van der Waals surface area contributed by atoms with Crippen molar-refractivity contribution in [2.24, 2.45) is 0 Å². The van der Waals surface area contributed by atoms with Gasteiger partial charge in [-0.25, -0.2) is 0 Å². The fourth-order valence-electron chi connectivity index (χ4n) is 2.00. The molecule has 0 amide bonds. The van der Waals surface area contributed by atoms with Crippen LogP contribution < -0.4 is 4.74 Å². The number of nitro benzene ring substituents is 1. The molecule has 21 heavy (non-hydrogen) atoms. The fraction of sp³-hybridized carbons (Fsp3) is 0.0714. The Morgan fingerprint density at radius 3 is 2.67 bits per heavy atom. The Kier molecular flexibility index (Phi) is 3.25. The van der Waals surface area contributed by atoms with Gasteiger partial charge in [0.1, 0.15) is 17.1 Å². The van der Waals surface area contributed by atoms with Crippen LogP contribution in [0.15, 0.2) is 48.7 Å². The number of hydrogen-bond donors (Lipinski definition) is 1. The topological polar surface area (TPSA) is 89.9 Å². The maximum atomic E-state index is 10.6. The minimum atomic E-state index is -0.478. The van der Waals surface area contributed by atoms with Crippen LogP contribution in [-0.2, 0) is 6.61 Å². The predicted molar refractivity (Wildman–Crippen MR) is 74.3 cm³/mol. The third kappa shape index (κ3) is 2.41. The van der Waals surface area contributed by atoms with Crippen molar-refractivity contribution in [3.05, 3.63) is 64.5 Å². The number of benzene rings is 1. The highest BCUT2D eigenvalue weighted by molar-refractivity contribution is 5.47. The summed E-state index contributed by atoms with van der Waals surface area (Å²) in [6.45, 7) is -0.229. The monoisotopic (exact) mass is 285 g/mol. The maximum Gasteiger partial charge on any atom is 0.269 e.